The van der Waals surface area contributed by atoms with Crippen LogP contribution in [-0.4, -0.2) is 29.6 Å². The summed E-state index contributed by atoms with van der Waals surface area (Å²) in [6, 6.07) is 6.79. The van der Waals surface area contributed by atoms with E-state index in [0.717, 1.165) is 6.42 Å². The number of piperidine rings is 1. The van der Waals surface area contributed by atoms with E-state index in [2.05, 4.69) is 56.2 Å². The van der Waals surface area contributed by atoms with E-state index in [1.165, 1.54) is 49.0 Å². The number of hydrogen-bond acceptors (Lipinski definition) is 3. The van der Waals surface area contributed by atoms with Gasteiger partial charge in [0.05, 0.1) is 0 Å². The van der Waals surface area contributed by atoms with Gasteiger partial charge in [-0.3, -0.25) is 16.2 Å². The minimum atomic E-state index is 0.0733. The van der Waals surface area contributed by atoms with E-state index in [1.807, 2.05) is 0 Å². The Balaban J connectivity index is 2.18. The van der Waals surface area contributed by atoms with Gasteiger partial charge in [-0.1, -0.05) is 24.6 Å². The summed E-state index contributed by atoms with van der Waals surface area (Å²) in [6.45, 7) is 11.4. The van der Waals surface area contributed by atoms with E-state index in [1.54, 1.807) is 0 Å². The van der Waals surface area contributed by atoms with E-state index < -0.39 is 0 Å². The Morgan fingerprint density at radius 1 is 1.14 bits per heavy atom. The minimum absolute atomic E-state index is 0.0733. The summed E-state index contributed by atoms with van der Waals surface area (Å²) in [7, 11) is 0. The van der Waals surface area contributed by atoms with Crippen molar-refractivity contribution in [1.29, 1.82) is 0 Å². The molecule has 0 spiro atoms. The fourth-order valence-electron chi connectivity index (χ4n) is 3.58. The molecule has 118 valence electrons. The zero-order valence-electron chi connectivity index (χ0n) is 14.1. The summed E-state index contributed by atoms with van der Waals surface area (Å²) >= 11 is 0. The van der Waals surface area contributed by atoms with Crippen LogP contribution in [-0.2, 0) is 6.42 Å². The van der Waals surface area contributed by atoms with Crippen LogP contribution in [0, 0.1) is 13.8 Å². The van der Waals surface area contributed by atoms with Crippen molar-refractivity contribution < 1.29 is 0 Å². The summed E-state index contributed by atoms with van der Waals surface area (Å²) in [5.74, 6) is 5.94. The second-order valence-electron chi connectivity index (χ2n) is 7.00. The second kappa shape index (κ2) is 6.91. The summed E-state index contributed by atoms with van der Waals surface area (Å²) in [4.78, 5) is 2.61. The first-order chi connectivity index (χ1) is 9.96. The monoisotopic (exact) mass is 289 g/mol. The highest BCUT2D eigenvalue weighted by atomic mass is 15.3. The first kappa shape index (κ1) is 16.5. The van der Waals surface area contributed by atoms with Crippen molar-refractivity contribution in [2.24, 2.45) is 5.84 Å². The highest BCUT2D eigenvalue weighted by molar-refractivity contribution is 5.34. The number of benzene rings is 1. The van der Waals surface area contributed by atoms with Gasteiger partial charge >= 0.3 is 0 Å². The molecule has 3 N–H and O–H groups in total. The summed E-state index contributed by atoms with van der Waals surface area (Å²) in [5.41, 5.74) is 7.34. The third-order valence-corrected chi connectivity index (χ3v) is 5.28. The largest absolute Gasteiger partial charge is 0.297 e. The molecule has 1 aromatic carbocycles. The Morgan fingerprint density at radius 3 is 2.24 bits per heavy atom. The lowest BCUT2D eigenvalue weighted by Crippen LogP contribution is -2.61. The van der Waals surface area contributed by atoms with Crippen LogP contribution < -0.4 is 11.3 Å². The van der Waals surface area contributed by atoms with Gasteiger partial charge < -0.3 is 0 Å². The average molecular weight is 289 g/mol. The quantitative estimate of drug-likeness (QED) is 0.647. The molecule has 0 bridgehead atoms. The van der Waals surface area contributed by atoms with Crippen molar-refractivity contribution in [3.05, 3.63) is 34.9 Å². The Kier molecular flexibility index (Phi) is 5.42. The molecule has 0 saturated carbocycles. The summed E-state index contributed by atoms with van der Waals surface area (Å²) < 4.78 is 0. The molecule has 0 aliphatic carbocycles. The van der Waals surface area contributed by atoms with Crippen molar-refractivity contribution in [3.8, 4) is 0 Å². The standard InChI is InChI=1S/C18H31N3/c1-14-9-8-10-15(2)16(14)13-17(20-19)18(3,4)21-11-6-5-7-12-21/h8-10,17,20H,5-7,11-13,19H2,1-4H3. The van der Waals surface area contributed by atoms with Crippen LogP contribution in [0.1, 0.15) is 49.8 Å². The fraction of sp³-hybridized carbons (Fsp3) is 0.667. The van der Waals surface area contributed by atoms with Crippen LogP contribution in [0.25, 0.3) is 0 Å². The van der Waals surface area contributed by atoms with Gasteiger partial charge in [-0.15, -0.1) is 0 Å². The van der Waals surface area contributed by atoms with Crippen LogP contribution in [0.5, 0.6) is 0 Å². The number of hydrogen-bond donors (Lipinski definition) is 2. The molecule has 1 unspecified atom stereocenters. The summed E-state index contributed by atoms with van der Waals surface area (Å²) in [6.07, 6.45) is 4.97. The highest BCUT2D eigenvalue weighted by Gasteiger charge is 2.35. The van der Waals surface area contributed by atoms with E-state index >= 15 is 0 Å². The Bertz CT molecular complexity index is 441. The van der Waals surface area contributed by atoms with Gasteiger partial charge in [0.2, 0.25) is 0 Å². The molecule has 1 fully saturated rings. The normalized spacial score (nSPS) is 18.7. The van der Waals surface area contributed by atoms with Crippen molar-refractivity contribution in [2.45, 2.75) is 65.0 Å². The molecule has 1 aliphatic heterocycles. The van der Waals surface area contributed by atoms with Crippen molar-refractivity contribution >= 4 is 0 Å². The molecular formula is C18H31N3. The first-order valence-electron chi connectivity index (χ1n) is 8.23. The average Bonchev–Trinajstić information content (AvgIpc) is 2.47. The number of nitrogens with zero attached hydrogens (tertiary/aromatic N) is 1. The predicted molar refractivity (Wildman–Crippen MR) is 90.2 cm³/mol. The number of nitrogens with one attached hydrogen (secondary N) is 1. The minimum Gasteiger partial charge on any atom is -0.297 e. The van der Waals surface area contributed by atoms with Gasteiger partial charge in [-0.05, 0) is 76.7 Å². The molecule has 0 radical (unpaired) electrons. The fourth-order valence-corrected chi connectivity index (χ4v) is 3.58. The first-order valence-corrected chi connectivity index (χ1v) is 8.23. The number of likely N-dealkylation sites (tertiary alicyclic amines) is 1. The number of hydrazine groups is 1. The molecule has 1 aliphatic rings. The van der Waals surface area contributed by atoms with E-state index in [0.29, 0.717) is 0 Å². The van der Waals surface area contributed by atoms with Gasteiger partial charge in [0.15, 0.2) is 0 Å². The summed E-state index contributed by atoms with van der Waals surface area (Å²) in [5, 5.41) is 0. The molecule has 1 saturated heterocycles. The molecule has 1 atom stereocenters. The Morgan fingerprint density at radius 2 is 1.71 bits per heavy atom. The van der Waals surface area contributed by atoms with Crippen LogP contribution in [0.2, 0.25) is 0 Å². The predicted octanol–water partition coefficient (Wildman–Crippen LogP) is 2.94. The zero-order chi connectivity index (χ0) is 15.5. The van der Waals surface area contributed by atoms with E-state index in [-0.39, 0.29) is 11.6 Å². The number of nitrogens with two attached hydrogens (primary N) is 1. The molecule has 3 heteroatoms. The molecule has 21 heavy (non-hydrogen) atoms. The van der Waals surface area contributed by atoms with Crippen LogP contribution in [0.4, 0.5) is 0 Å². The number of aryl methyl sites for hydroxylation is 2. The zero-order valence-corrected chi connectivity index (χ0v) is 14.1. The van der Waals surface area contributed by atoms with Gasteiger partial charge in [0, 0.05) is 11.6 Å². The van der Waals surface area contributed by atoms with Crippen molar-refractivity contribution in [2.75, 3.05) is 13.1 Å². The molecule has 1 heterocycles. The van der Waals surface area contributed by atoms with Crippen LogP contribution in [0.15, 0.2) is 18.2 Å². The topological polar surface area (TPSA) is 41.3 Å². The molecule has 0 amide bonds. The molecular weight excluding hydrogens is 258 g/mol. The number of rotatable bonds is 5. The smallest absolute Gasteiger partial charge is 0.0429 e. The highest BCUT2D eigenvalue weighted by Crippen LogP contribution is 2.27. The maximum atomic E-state index is 5.94. The second-order valence-corrected chi connectivity index (χ2v) is 7.00. The SMILES string of the molecule is Cc1cccc(C)c1CC(NN)C(C)(C)N1CCCCC1. The molecule has 3 nitrogen and oxygen atoms in total. The lowest BCUT2D eigenvalue weighted by atomic mass is 9.84. The van der Waals surface area contributed by atoms with Gasteiger partial charge in [-0.25, -0.2) is 0 Å². The molecule has 1 aromatic rings. The molecule has 2 rings (SSSR count). The van der Waals surface area contributed by atoms with Crippen molar-refractivity contribution in [3.63, 3.8) is 0 Å². The maximum absolute atomic E-state index is 5.94. The lowest BCUT2D eigenvalue weighted by Gasteiger charge is -2.46. The lowest BCUT2D eigenvalue weighted by molar-refractivity contribution is 0.0610. The van der Waals surface area contributed by atoms with E-state index in [9.17, 15) is 0 Å². The molecule has 0 aromatic heterocycles. The van der Waals surface area contributed by atoms with Gasteiger partial charge in [0.1, 0.15) is 0 Å². The maximum Gasteiger partial charge on any atom is 0.0429 e. The Hall–Kier alpha value is -0.900. The van der Waals surface area contributed by atoms with Gasteiger partial charge in [-0.2, -0.15) is 0 Å². The Labute approximate surface area is 129 Å². The van der Waals surface area contributed by atoms with Crippen LogP contribution in [0.3, 0.4) is 0 Å². The van der Waals surface area contributed by atoms with Gasteiger partial charge in [0.25, 0.3) is 0 Å². The van der Waals surface area contributed by atoms with Crippen molar-refractivity contribution in [1.82, 2.24) is 10.3 Å². The third kappa shape index (κ3) is 3.65. The third-order valence-electron chi connectivity index (χ3n) is 5.28. The van der Waals surface area contributed by atoms with Crippen LogP contribution >= 0.6 is 0 Å². The van der Waals surface area contributed by atoms with E-state index in [4.69, 9.17) is 5.84 Å².